The smallest absolute Gasteiger partial charge is 0.247 e. The number of likely N-dealkylation sites (tertiary alicyclic amines) is 1. The van der Waals surface area contributed by atoms with Gasteiger partial charge in [0, 0.05) is 40.3 Å². The number of aromatic nitrogens is 2. The molecule has 7 nitrogen and oxygen atoms in total. The van der Waals surface area contributed by atoms with E-state index in [4.69, 9.17) is 4.74 Å². The van der Waals surface area contributed by atoms with Crippen molar-refractivity contribution in [2.75, 3.05) is 49.6 Å². The Balaban J connectivity index is 1.25. The summed E-state index contributed by atoms with van der Waals surface area (Å²) in [7, 11) is 0. The highest BCUT2D eigenvalue weighted by Gasteiger charge is 2.30. The third-order valence-electron chi connectivity index (χ3n) is 6.91. The maximum Gasteiger partial charge on any atom is 0.247 e. The summed E-state index contributed by atoms with van der Waals surface area (Å²) in [5.41, 5.74) is 4.87. The Labute approximate surface area is 208 Å². The highest BCUT2D eigenvalue weighted by Crippen LogP contribution is 2.32. The number of H-pyrrole nitrogens is 1. The van der Waals surface area contributed by atoms with Crippen molar-refractivity contribution >= 4 is 39.5 Å². The summed E-state index contributed by atoms with van der Waals surface area (Å²) < 4.78 is 5.47. The number of aromatic amines is 1. The summed E-state index contributed by atoms with van der Waals surface area (Å²) in [5, 5.41) is 14.0. The summed E-state index contributed by atoms with van der Waals surface area (Å²) in [6.07, 6.45) is 2.29. The molecule has 180 valence electrons. The van der Waals surface area contributed by atoms with E-state index in [-0.39, 0.29) is 11.9 Å². The van der Waals surface area contributed by atoms with Crippen LogP contribution in [0.3, 0.4) is 0 Å². The number of benzene rings is 2. The van der Waals surface area contributed by atoms with Crippen LogP contribution in [0.25, 0.3) is 22.2 Å². The molecule has 1 amide bonds. The second-order valence-corrected chi connectivity index (χ2v) is 10.1. The minimum Gasteiger partial charge on any atom is -0.378 e. The number of fused-ring (bicyclic) bond motifs is 1. The third-order valence-corrected chi connectivity index (χ3v) is 7.84. The van der Waals surface area contributed by atoms with Crippen LogP contribution in [-0.2, 0) is 9.53 Å². The average Bonchev–Trinajstić information content (AvgIpc) is 3.68. The molecule has 1 atom stereocenters. The van der Waals surface area contributed by atoms with Crippen molar-refractivity contribution in [1.29, 1.82) is 0 Å². The number of ether oxygens (including phenoxy) is 1. The molecule has 0 radical (unpaired) electrons. The molecule has 2 aromatic heterocycles. The van der Waals surface area contributed by atoms with E-state index in [9.17, 15) is 4.79 Å². The standard InChI is InChI=1S/C27H29N5O2S/c33-27(26(24-4-3-17-35-24)32-11-1-2-12-32)28-20-7-10-23-22(18-20)25(30-29-23)19-5-8-21(9-6-19)31-13-15-34-16-14-31/h3-10,17-18,26H,1-2,11-16H2,(H,28,33)(H,29,30). The minimum absolute atomic E-state index is 0.0219. The number of amides is 1. The maximum absolute atomic E-state index is 13.4. The van der Waals surface area contributed by atoms with Crippen LogP contribution >= 0.6 is 11.3 Å². The number of anilines is 2. The van der Waals surface area contributed by atoms with Gasteiger partial charge in [0.15, 0.2) is 0 Å². The van der Waals surface area contributed by atoms with Crippen LogP contribution in [0.1, 0.15) is 23.8 Å². The molecule has 0 spiro atoms. The predicted molar refractivity (Wildman–Crippen MR) is 141 cm³/mol. The van der Waals surface area contributed by atoms with Crippen LogP contribution in [0.15, 0.2) is 60.0 Å². The van der Waals surface area contributed by atoms with Gasteiger partial charge in [-0.2, -0.15) is 5.10 Å². The lowest BCUT2D eigenvalue weighted by Gasteiger charge is -2.28. The Kier molecular flexibility index (Phi) is 6.24. The lowest BCUT2D eigenvalue weighted by Crippen LogP contribution is -2.36. The fraction of sp³-hybridized carbons (Fsp3) is 0.333. The van der Waals surface area contributed by atoms with E-state index in [0.29, 0.717) is 0 Å². The molecular formula is C27H29N5O2S. The van der Waals surface area contributed by atoms with Crippen LogP contribution in [0.5, 0.6) is 0 Å². The first-order valence-electron chi connectivity index (χ1n) is 12.3. The molecule has 4 heterocycles. The van der Waals surface area contributed by atoms with Crippen molar-refractivity contribution in [2.24, 2.45) is 0 Å². The minimum atomic E-state index is -0.246. The number of hydrogen-bond acceptors (Lipinski definition) is 6. The summed E-state index contributed by atoms with van der Waals surface area (Å²) >= 11 is 1.64. The third kappa shape index (κ3) is 4.57. The van der Waals surface area contributed by atoms with Gasteiger partial charge in [0.1, 0.15) is 6.04 Å². The van der Waals surface area contributed by atoms with Gasteiger partial charge in [0.2, 0.25) is 5.91 Å². The van der Waals surface area contributed by atoms with Crippen molar-refractivity contribution in [2.45, 2.75) is 18.9 Å². The summed E-state index contributed by atoms with van der Waals surface area (Å²) in [6, 6.07) is 18.3. The van der Waals surface area contributed by atoms with Gasteiger partial charge in [0.05, 0.1) is 24.4 Å². The first-order chi connectivity index (χ1) is 17.3. The van der Waals surface area contributed by atoms with E-state index in [2.05, 4.69) is 55.6 Å². The van der Waals surface area contributed by atoms with Gasteiger partial charge in [-0.1, -0.05) is 18.2 Å². The van der Waals surface area contributed by atoms with Gasteiger partial charge in [0.25, 0.3) is 0 Å². The number of thiophene rings is 1. The van der Waals surface area contributed by atoms with Gasteiger partial charge < -0.3 is 15.0 Å². The highest BCUT2D eigenvalue weighted by atomic mass is 32.1. The largest absolute Gasteiger partial charge is 0.378 e. The number of nitrogens with one attached hydrogen (secondary N) is 2. The van der Waals surface area contributed by atoms with E-state index in [0.717, 1.165) is 85.0 Å². The lowest BCUT2D eigenvalue weighted by atomic mass is 10.1. The molecule has 6 rings (SSSR count). The first kappa shape index (κ1) is 22.3. The van der Waals surface area contributed by atoms with Gasteiger partial charge in [-0.25, -0.2) is 0 Å². The second-order valence-electron chi connectivity index (χ2n) is 9.13. The zero-order valence-electron chi connectivity index (χ0n) is 19.6. The maximum atomic E-state index is 13.4. The number of morpholine rings is 1. The molecule has 4 aromatic rings. The molecule has 8 heteroatoms. The molecule has 35 heavy (non-hydrogen) atoms. The van der Waals surface area contributed by atoms with Gasteiger partial charge in [-0.05, 0) is 67.7 Å². The van der Waals surface area contributed by atoms with E-state index < -0.39 is 0 Å². The van der Waals surface area contributed by atoms with Crippen molar-refractivity contribution in [3.8, 4) is 11.3 Å². The van der Waals surface area contributed by atoms with Crippen molar-refractivity contribution in [3.05, 3.63) is 64.9 Å². The number of rotatable bonds is 6. The molecule has 1 unspecified atom stereocenters. The van der Waals surface area contributed by atoms with Gasteiger partial charge >= 0.3 is 0 Å². The Morgan fingerprint density at radius 3 is 2.57 bits per heavy atom. The normalized spacial score (nSPS) is 17.7. The molecule has 2 aliphatic heterocycles. The molecule has 0 aliphatic carbocycles. The number of carbonyl (C=O) groups is 1. The van der Waals surface area contributed by atoms with E-state index in [1.54, 1.807) is 11.3 Å². The SMILES string of the molecule is O=C(Nc1ccc2[nH]nc(-c3ccc(N4CCOCC4)cc3)c2c1)C(c1cccs1)N1CCCC1. The Morgan fingerprint density at radius 2 is 1.83 bits per heavy atom. The van der Waals surface area contributed by atoms with Crippen LogP contribution in [0.4, 0.5) is 11.4 Å². The quantitative estimate of drug-likeness (QED) is 0.405. The Morgan fingerprint density at radius 1 is 1.03 bits per heavy atom. The molecule has 0 saturated carbocycles. The lowest BCUT2D eigenvalue weighted by molar-refractivity contribution is -0.121. The summed E-state index contributed by atoms with van der Waals surface area (Å²) in [6.45, 7) is 5.29. The molecule has 2 aromatic carbocycles. The molecule has 2 aliphatic rings. The van der Waals surface area contributed by atoms with E-state index in [1.165, 1.54) is 5.69 Å². The number of nitrogens with zero attached hydrogens (tertiary/aromatic N) is 3. The topological polar surface area (TPSA) is 73.5 Å². The molecule has 2 fully saturated rings. The fourth-order valence-corrected chi connectivity index (χ4v) is 5.95. The number of carbonyl (C=O) groups excluding carboxylic acids is 1. The zero-order chi connectivity index (χ0) is 23.6. The predicted octanol–water partition coefficient (Wildman–Crippen LogP) is 4.90. The first-order valence-corrected chi connectivity index (χ1v) is 13.1. The van der Waals surface area contributed by atoms with Crippen molar-refractivity contribution < 1.29 is 9.53 Å². The number of hydrogen-bond donors (Lipinski definition) is 2. The van der Waals surface area contributed by atoms with Crippen LogP contribution in [0, 0.1) is 0 Å². The Hall–Kier alpha value is -3.20. The van der Waals surface area contributed by atoms with Crippen LogP contribution < -0.4 is 10.2 Å². The summed E-state index contributed by atoms with van der Waals surface area (Å²) in [4.78, 5) is 19.2. The van der Waals surface area contributed by atoms with E-state index in [1.807, 2.05) is 29.6 Å². The Bertz CT molecular complexity index is 1290. The van der Waals surface area contributed by atoms with Gasteiger partial charge in [-0.3, -0.25) is 14.8 Å². The fourth-order valence-electron chi connectivity index (χ4n) is 5.10. The average molecular weight is 488 g/mol. The summed E-state index contributed by atoms with van der Waals surface area (Å²) in [5.74, 6) is 0.0219. The van der Waals surface area contributed by atoms with Gasteiger partial charge in [-0.15, -0.1) is 11.3 Å². The van der Waals surface area contributed by atoms with Crippen LogP contribution in [-0.4, -0.2) is 60.4 Å². The van der Waals surface area contributed by atoms with Crippen molar-refractivity contribution in [1.82, 2.24) is 15.1 Å². The van der Waals surface area contributed by atoms with Crippen molar-refractivity contribution in [3.63, 3.8) is 0 Å². The molecule has 0 bridgehead atoms. The zero-order valence-corrected chi connectivity index (χ0v) is 20.4. The highest BCUT2D eigenvalue weighted by molar-refractivity contribution is 7.10. The molecule has 2 N–H and O–H groups in total. The van der Waals surface area contributed by atoms with Crippen LogP contribution in [0.2, 0.25) is 0 Å². The second kappa shape index (κ2) is 9.81. The molecular weight excluding hydrogens is 458 g/mol. The van der Waals surface area contributed by atoms with E-state index >= 15 is 0 Å². The monoisotopic (exact) mass is 487 g/mol. The molecule has 2 saturated heterocycles.